The molecule has 23 heavy (non-hydrogen) atoms. The highest BCUT2D eigenvalue weighted by Gasteiger charge is 2.04. The fraction of sp³-hybridized carbons (Fsp3) is 0.429. The zero-order valence-corrected chi connectivity index (χ0v) is 14.6. The van der Waals surface area contributed by atoms with Crippen LogP contribution in [0, 0.1) is 0 Å². The van der Waals surface area contributed by atoms with Crippen LogP contribution in [0.5, 0.6) is 11.5 Å². The molecule has 2 heteroatoms. The maximum atomic E-state index is 5.21. The minimum absolute atomic E-state index is 0. The second-order valence-corrected chi connectivity index (χ2v) is 5.79. The fourth-order valence-electron chi connectivity index (χ4n) is 2.29. The molecule has 0 aliphatic carbocycles. The van der Waals surface area contributed by atoms with Crippen molar-refractivity contribution < 1.29 is 9.47 Å². The largest absolute Gasteiger partial charge is 0.496 e. The van der Waals surface area contributed by atoms with E-state index in [-0.39, 0.29) is 7.43 Å². The summed E-state index contributed by atoms with van der Waals surface area (Å²) in [5.41, 5.74) is 2.55. The van der Waals surface area contributed by atoms with Gasteiger partial charge in [0.2, 0.25) is 0 Å². The van der Waals surface area contributed by atoms with E-state index in [2.05, 4.69) is 39.8 Å². The van der Waals surface area contributed by atoms with Crippen molar-refractivity contribution in [2.24, 2.45) is 0 Å². The molecule has 0 radical (unpaired) electrons. The summed E-state index contributed by atoms with van der Waals surface area (Å²) in [6.45, 7) is 8.66. The van der Waals surface area contributed by atoms with Gasteiger partial charge in [-0.15, -0.1) is 0 Å². The number of hydrogen-bond acceptors (Lipinski definition) is 2. The first-order valence-corrected chi connectivity index (χ1v) is 7.77. The quantitative estimate of drug-likeness (QED) is 0.661. The Bertz CT molecular complexity index is 508. The molecule has 0 N–H and O–H groups in total. The molecule has 0 saturated carbocycles. The first kappa shape index (κ1) is 21.0. The summed E-state index contributed by atoms with van der Waals surface area (Å²) in [7, 11) is 3.42. The summed E-state index contributed by atoms with van der Waals surface area (Å²) in [5.74, 6) is 3.04. The molecule has 0 fully saturated rings. The summed E-state index contributed by atoms with van der Waals surface area (Å²) in [6, 6.07) is 16.3. The van der Waals surface area contributed by atoms with Crippen LogP contribution in [0.1, 0.15) is 58.1 Å². The van der Waals surface area contributed by atoms with Crippen LogP contribution < -0.4 is 9.47 Å². The van der Waals surface area contributed by atoms with Crippen molar-refractivity contribution >= 4 is 0 Å². The smallest absolute Gasteiger partial charge is 0.122 e. The molecule has 0 unspecified atom stereocenters. The van der Waals surface area contributed by atoms with Crippen LogP contribution >= 0.6 is 0 Å². The highest BCUT2D eigenvalue weighted by atomic mass is 16.5. The Hall–Kier alpha value is -1.96. The average Bonchev–Trinajstić information content (AvgIpc) is 2.55. The molecule has 2 aromatic carbocycles. The van der Waals surface area contributed by atoms with E-state index in [9.17, 15) is 0 Å². The maximum Gasteiger partial charge on any atom is 0.122 e. The second-order valence-electron chi connectivity index (χ2n) is 5.79. The standard InChI is InChI=1S/2C10H14O.CH4/c2*1-8(2)9-6-4-5-7-10(9)11-3;/h2*4-8H,1-3H3;1H4. The van der Waals surface area contributed by atoms with Gasteiger partial charge in [-0.1, -0.05) is 71.5 Å². The van der Waals surface area contributed by atoms with Crippen molar-refractivity contribution in [3.05, 3.63) is 59.7 Å². The fourth-order valence-corrected chi connectivity index (χ4v) is 2.29. The summed E-state index contributed by atoms with van der Waals surface area (Å²) in [5, 5.41) is 0. The molecule has 128 valence electrons. The highest BCUT2D eigenvalue weighted by Crippen LogP contribution is 2.25. The van der Waals surface area contributed by atoms with Crippen LogP contribution in [0.4, 0.5) is 0 Å². The summed E-state index contributed by atoms with van der Waals surface area (Å²) in [6.07, 6.45) is 0. The highest BCUT2D eigenvalue weighted by molar-refractivity contribution is 5.36. The second kappa shape index (κ2) is 10.7. The molecule has 0 heterocycles. The topological polar surface area (TPSA) is 18.5 Å². The lowest BCUT2D eigenvalue weighted by molar-refractivity contribution is 0.407. The molecule has 0 aromatic heterocycles. The van der Waals surface area contributed by atoms with Crippen LogP contribution in [0.25, 0.3) is 0 Å². The third-order valence-electron chi connectivity index (χ3n) is 3.52. The SMILES string of the molecule is C.COc1ccccc1C(C)C.COc1ccccc1C(C)C. The Morgan fingerprint density at radius 3 is 1.13 bits per heavy atom. The van der Waals surface area contributed by atoms with Gasteiger partial charge in [0.1, 0.15) is 11.5 Å². The normalized spacial score (nSPS) is 9.74. The summed E-state index contributed by atoms with van der Waals surface area (Å²) >= 11 is 0. The van der Waals surface area contributed by atoms with Crippen LogP contribution in [0.3, 0.4) is 0 Å². The Balaban J connectivity index is 0.000000403. The minimum Gasteiger partial charge on any atom is -0.496 e. The van der Waals surface area contributed by atoms with Gasteiger partial charge < -0.3 is 9.47 Å². The molecule has 0 saturated heterocycles. The average molecular weight is 316 g/mol. The number of ether oxygens (including phenoxy) is 2. The van der Waals surface area contributed by atoms with Crippen LogP contribution in [0.15, 0.2) is 48.5 Å². The van der Waals surface area contributed by atoms with E-state index in [1.165, 1.54) is 11.1 Å². The van der Waals surface area contributed by atoms with E-state index < -0.39 is 0 Å². The molecule has 0 aliphatic heterocycles. The van der Waals surface area contributed by atoms with Crippen LogP contribution in [-0.4, -0.2) is 14.2 Å². The van der Waals surface area contributed by atoms with Crippen molar-refractivity contribution in [1.29, 1.82) is 0 Å². The Morgan fingerprint density at radius 2 is 0.913 bits per heavy atom. The van der Waals surface area contributed by atoms with E-state index in [0.29, 0.717) is 11.8 Å². The zero-order chi connectivity index (χ0) is 16.5. The molecule has 2 aromatic rings. The molecule has 0 atom stereocenters. The number of methoxy groups -OCH3 is 2. The van der Waals surface area contributed by atoms with E-state index >= 15 is 0 Å². The van der Waals surface area contributed by atoms with Crippen molar-refractivity contribution in [1.82, 2.24) is 0 Å². The van der Waals surface area contributed by atoms with E-state index in [4.69, 9.17) is 9.47 Å². The number of para-hydroxylation sites is 2. The maximum absolute atomic E-state index is 5.21. The van der Waals surface area contributed by atoms with Crippen molar-refractivity contribution in [2.75, 3.05) is 14.2 Å². The predicted molar refractivity (Wildman–Crippen MR) is 101 cm³/mol. The Morgan fingerprint density at radius 1 is 0.609 bits per heavy atom. The molecular weight excluding hydrogens is 284 g/mol. The van der Waals surface area contributed by atoms with Crippen LogP contribution in [-0.2, 0) is 0 Å². The van der Waals surface area contributed by atoms with Crippen molar-refractivity contribution in [2.45, 2.75) is 47.0 Å². The molecule has 2 nitrogen and oxygen atoms in total. The molecule has 2 rings (SSSR count). The molecular formula is C21H32O2. The third-order valence-corrected chi connectivity index (χ3v) is 3.52. The number of rotatable bonds is 4. The van der Waals surface area contributed by atoms with E-state index in [1.807, 2.05) is 36.4 Å². The van der Waals surface area contributed by atoms with E-state index in [1.54, 1.807) is 14.2 Å². The van der Waals surface area contributed by atoms with E-state index in [0.717, 1.165) is 11.5 Å². The lowest BCUT2D eigenvalue weighted by Crippen LogP contribution is -1.92. The predicted octanol–water partition coefficient (Wildman–Crippen LogP) is 6.27. The van der Waals surface area contributed by atoms with Gasteiger partial charge in [-0.05, 0) is 35.1 Å². The lowest BCUT2D eigenvalue weighted by atomic mass is 10.0. The number of hydrogen-bond donors (Lipinski definition) is 0. The zero-order valence-electron chi connectivity index (χ0n) is 14.6. The third kappa shape index (κ3) is 6.35. The monoisotopic (exact) mass is 316 g/mol. The molecule has 0 aliphatic rings. The van der Waals surface area contributed by atoms with Gasteiger partial charge in [0.25, 0.3) is 0 Å². The molecule has 0 spiro atoms. The first-order valence-electron chi connectivity index (χ1n) is 7.77. The lowest BCUT2D eigenvalue weighted by Gasteiger charge is -2.10. The van der Waals surface area contributed by atoms with Gasteiger partial charge in [-0.3, -0.25) is 0 Å². The molecule has 0 amide bonds. The van der Waals surface area contributed by atoms with Crippen molar-refractivity contribution in [3.63, 3.8) is 0 Å². The van der Waals surface area contributed by atoms with Gasteiger partial charge in [0.05, 0.1) is 14.2 Å². The molecule has 0 bridgehead atoms. The van der Waals surface area contributed by atoms with Crippen molar-refractivity contribution in [3.8, 4) is 11.5 Å². The number of benzene rings is 2. The van der Waals surface area contributed by atoms with Gasteiger partial charge in [-0.25, -0.2) is 0 Å². The Kier molecular flexibility index (Phi) is 9.80. The first-order chi connectivity index (χ1) is 10.5. The van der Waals surface area contributed by atoms with Gasteiger partial charge >= 0.3 is 0 Å². The Labute approximate surface area is 142 Å². The summed E-state index contributed by atoms with van der Waals surface area (Å²) in [4.78, 5) is 0. The summed E-state index contributed by atoms with van der Waals surface area (Å²) < 4.78 is 10.4. The van der Waals surface area contributed by atoms with Gasteiger partial charge in [0.15, 0.2) is 0 Å². The van der Waals surface area contributed by atoms with Crippen LogP contribution in [0.2, 0.25) is 0 Å². The minimum atomic E-state index is 0. The van der Waals surface area contributed by atoms with Gasteiger partial charge in [0, 0.05) is 0 Å². The van der Waals surface area contributed by atoms with Gasteiger partial charge in [-0.2, -0.15) is 0 Å².